The quantitative estimate of drug-likeness (QED) is 0.662. The summed E-state index contributed by atoms with van der Waals surface area (Å²) >= 11 is 1.37. The molecule has 0 aliphatic carbocycles. The molecule has 0 unspecified atom stereocenters. The number of benzene rings is 1. The van der Waals surface area contributed by atoms with Gasteiger partial charge in [-0.25, -0.2) is 9.37 Å². The first kappa shape index (κ1) is 16.9. The highest BCUT2D eigenvalue weighted by molar-refractivity contribution is 7.13. The van der Waals surface area contributed by atoms with Crippen LogP contribution in [0, 0.1) is 18.2 Å². The predicted octanol–water partition coefficient (Wildman–Crippen LogP) is 2.96. The highest BCUT2D eigenvalue weighted by Crippen LogP contribution is 2.24. The van der Waals surface area contributed by atoms with E-state index >= 15 is 0 Å². The molecule has 0 spiro atoms. The average Bonchev–Trinajstić information content (AvgIpc) is 3.24. The molecule has 3 rings (SSSR count). The van der Waals surface area contributed by atoms with Crippen molar-refractivity contribution in [3.8, 4) is 22.9 Å². The van der Waals surface area contributed by atoms with Crippen LogP contribution in [-0.4, -0.2) is 32.1 Å². The molecule has 7 heteroatoms. The Morgan fingerprint density at radius 2 is 2.16 bits per heavy atom. The standard InChI is InChI=1S/C18H15FN4OS/c1-3-8-23(10-13-4-6-15(19)7-5-13)18(24)16-12-25-17(21-16)14-9-20-22(2)11-14/h1,4-7,9,11-12H,8,10H2,2H3. The molecule has 3 aromatic rings. The highest BCUT2D eigenvalue weighted by atomic mass is 32.1. The summed E-state index contributed by atoms with van der Waals surface area (Å²) in [6.45, 7) is 0.443. The van der Waals surface area contributed by atoms with Crippen molar-refractivity contribution in [3.63, 3.8) is 0 Å². The second-order valence-corrected chi connectivity index (χ2v) is 6.29. The molecule has 0 saturated heterocycles. The molecule has 0 fully saturated rings. The molecule has 0 radical (unpaired) electrons. The molecule has 0 aliphatic heterocycles. The maximum absolute atomic E-state index is 13.0. The van der Waals surface area contributed by atoms with Crippen LogP contribution in [0.25, 0.3) is 10.6 Å². The largest absolute Gasteiger partial charge is 0.322 e. The fourth-order valence-electron chi connectivity index (χ4n) is 2.32. The van der Waals surface area contributed by atoms with E-state index in [4.69, 9.17) is 6.42 Å². The first-order valence-electron chi connectivity index (χ1n) is 7.48. The van der Waals surface area contributed by atoms with E-state index < -0.39 is 0 Å². The Bertz CT molecular complexity index is 923. The van der Waals surface area contributed by atoms with E-state index in [2.05, 4.69) is 16.0 Å². The number of hydrogen-bond donors (Lipinski definition) is 0. The molecule has 1 amide bonds. The lowest BCUT2D eigenvalue weighted by Gasteiger charge is -2.19. The summed E-state index contributed by atoms with van der Waals surface area (Å²) in [7, 11) is 1.82. The van der Waals surface area contributed by atoms with Gasteiger partial charge >= 0.3 is 0 Å². The van der Waals surface area contributed by atoms with E-state index in [0.717, 1.165) is 16.1 Å². The number of hydrogen-bond acceptors (Lipinski definition) is 4. The van der Waals surface area contributed by atoms with Crippen LogP contribution in [0.4, 0.5) is 4.39 Å². The lowest BCUT2D eigenvalue weighted by Crippen LogP contribution is -2.31. The molecule has 25 heavy (non-hydrogen) atoms. The van der Waals surface area contributed by atoms with Crippen molar-refractivity contribution in [2.24, 2.45) is 7.05 Å². The molecule has 0 atom stereocenters. The van der Waals surface area contributed by atoms with Gasteiger partial charge in [-0.15, -0.1) is 17.8 Å². The Morgan fingerprint density at radius 1 is 1.40 bits per heavy atom. The van der Waals surface area contributed by atoms with Crippen LogP contribution in [0.3, 0.4) is 0 Å². The zero-order valence-electron chi connectivity index (χ0n) is 13.5. The molecule has 0 bridgehead atoms. The number of halogens is 1. The zero-order chi connectivity index (χ0) is 17.8. The Balaban J connectivity index is 1.79. The van der Waals surface area contributed by atoms with Crippen molar-refractivity contribution in [1.29, 1.82) is 0 Å². The number of aryl methyl sites for hydroxylation is 1. The predicted molar refractivity (Wildman–Crippen MR) is 94.3 cm³/mol. The molecule has 0 N–H and O–H groups in total. The third kappa shape index (κ3) is 3.92. The van der Waals surface area contributed by atoms with Gasteiger partial charge in [0, 0.05) is 30.7 Å². The summed E-state index contributed by atoms with van der Waals surface area (Å²) in [6.07, 6.45) is 8.93. The van der Waals surface area contributed by atoms with Gasteiger partial charge in [0.25, 0.3) is 5.91 Å². The summed E-state index contributed by atoms with van der Waals surface area (Å²) < 4.78 is 14.7. The normalized spacial score (nSPS) is 10.4. The van der Waals surface area contributed by atoms with Gasteiger partial charge < -0.3 is 4.90 Å². The topological polar surface area (TPSA) is 51.0 Å². The van der Waals surface area contributed by atoms with Gasteiger partial charge in [0.1, 0.15) is 16.5 Å². The van der Waals surface area contributed by atoms with E-state index in [1.807, 2.05) is 13.2 Å². The van der Waals surface area contributed by atoms with E-state index in [1.54, 1.807) is 28.4 Å². The van der Waals surface area contributed by atoms with Gasteiger partial charge in [-0.2, -0.15) is 5.10 Å². The van der Waals surface area contributed by atoms with Crippen LogP contribution in [0.1, 0.15) is 16.1 Å². The molecule has 0 saturated carbocycles. The molecule has 5 nitrogen and oxygen atoms in total. The fourth-order valence-corrected chi connectivity index (χ4v) is 3.09. The van der Waals surface area contributed by atoms with Gasteiger partial charge in [0.2, 0.25) is 0 Å². The zero-order valence-corrected chi connectivity index (χ0v) is 14.3. The molecule has 1 aromatic carbocycles. The molecular weight excluding hydrogens is 339 g/mol. The third-order valence-electron chi connectivity index (χ3n) is 3.53. The summed E-state index contributed by atoms with van der Waals surface area (Å²) in [5.41, 5.74) is 1.99. The summed E-state index contributed by atoms with van der Waals surface area (Å²) in [6, 6.07) is 5.98. The number of aromatic nitrogens is 3. The average molecular weight is 354 g/mol. The summed E-state index contributed by atoms with van der Waals surface area (Å²) in [5, 5.41) is 6.53. The second-order valence-electron chi connectivity index (χ2n) is 5.43. The molecule has 2 aromatic heterocycles. The number of terminal acetylenes is 1. The van der Waals surface area contributed by atoms with Crippen LogP contribution in [-0.2, 0) is 13.6 Å². The first-order chi connectivity index (χ1) is 12.1. The second kappa shape index (κ2) is 7.28. The van der Waals surface area contributed by atoms with E-state index in [1.165, 1.54) is 28.4 Å². The summed E-state index contributed by atoms with van der Waals surface area (Å²) in [5.74, 6) is 1.91. The summed E-state index contributed by atoms with van der Waals surface area (Å²) in [4.78, 5) is 18.6. The van der Waals surface area contributed by atoms with Crippen LogP contribution in [0.15, 0.2) is 42.0 Å². The fraction of sp³-hybridized carbons (Fsp3) is 0.167. The van der Waals surface area contributed by atoms with Crippen molar-refractivity contribution in [3.05, 3.63) is 59.1 Å². The molecular formula is C18H15FN4OS. The maximum Gasteiger partial charge on any atom is 0.274 e. The van der Waals surface area contributed by atoms with E-state index in [9.17, 15) is 9.18 Å². The van der Waals surface area contributed by atoms with Gasteiger partial charge in [0.15, 0.2) is 0 Å². The minimum Gasteiger partial charge on any atom is -0.322 e. The van der Waals surface area contributed by atoms with Crippen LogP contribution < -0.4 is 0 Å². The highest BCUT2D eigenvalue weighted by Gasteiger charge is 2.19. The number of amides is 1. The van der Waals surface area contributed by atoms with Crippen molar-refractivity contribution in [2.75, 3.05) is 6.54 Å². The minimum atomic E-state index is -0.320. The molecule has 2 heterocycles. The maximum atomic E-state index is 13.0. The van der Waals surface area contributed by atoms with Gasteiger partial charge in [0.05, 0.1) is 12.7 Å². The number of nitrogens with zero attached hydrogens (tertiary/aromatic N) is 4. The van der Waals surface area contributed by atoms with Crippen LogP contribution in [0.2, 0.25) is 0 Å². The van der Waals surface area contributed by atoms with Crippen molar-refractivity contribution >= 4 is 17.2 Å². The number of rotatable bonds is 5. The molecule has 0 aliphatic rings. The SMILES string of the molecule is C#CCN(Cc1ccc(F)cc1)C(=O)c1csc(-c2cnn(C)c2)n1. The van der Waals surface area contributed by atoms with Crippen LogP contribution >= 0.6 is 11.3 Å². The Hall–Kier alpha value is -2.98. The van der Waals surface area contributed by atoms with Gasteiger partial charge in [-0.3, -0.25) is 9.48 Å². The van der Waals surface area contributed by atoms with Crippen LogP contribution in [0.5, 0.6) is 0 Å². The Labute approximate surface area is 148 Å². The number of carbonyl (C=O) groups excluding carboxylic acids is 1. The lowest BCUT2D eigenvalue weighted by molar-refractivity contribution is 0.0761. The smallest absolute Gasteiger partial charge is 0.274 e. The van der Waals surface area contributed by atoms with Gasteiger partial charge in [-0.05, 0) is 17.7 Å². The monoisotopic (exact) mass is 354 g/mol. The first-order valence-corrected chi connectivity index (χ1v) is 8.36. The molecule has 126 valence electrons. The van der Waals surface area contributed by atoms with Crippen molar-refractivity contribution in [2.45, 2.75) is 6.54 Å². The van der Waals surface area contributed by atoms with E-state index in [0.29, 0.717) is 12.2 Å². The Morgan fingerprint density at radius 3 is 2.80 bits per heavy atom. The van der Waals surface area contributed by atoms with E-state index in [-0.39, 0.29) is 18.3 Å². The number of carbonyl (C=O) groups is 1. The number of thiazole rings is 1. The third-order valence-corrected chi connectivity index (χ3v) is 4.42. The van der Waals surface area contributed by atoms with Gasteiger partial charge in [-0.1, -0.05) is 18.1 Å². The Kier molecular flexibility index (Phi) is 4.91. The van der Waals surface area contributed by atoms with Crippen molar-refractivity contribution in [1.82, 2.24) is 19.7 Å². The lowest BCUT2D eigenvalue weighted by atomic mass is 10.2. The van der Waals surface area contributed by atoms with Crippen molar-refractivity contribution < 1.29 is 9.18 Å². The minimum absolute atomic E-state index is 0.149.